The number of carboxylic acids is 1. The SMILES string of the molecule is CC/C=C\C/C=C\C/C=C\C/C=C\C/C=C\CCCCOC(OC)C(=O)NC1CC(C)N(c2ccc(O)c(C(=O)O)c2)C1=O. The molecule has 240 valence electrons. The van der Waals surface area contributed by atoms with E-state index in [1.807, 2.05) is 0 Å². The second-order valence-electron chi connectivity index (χ2n) is 10.5. The highest BCUT2D eigenvalue weighted by atomic mass is 16.7. The zero-order valence-corrected chi connectivity index (χ0v) is 26.2. The summed E-state index contributed by atoms with van der Waals surface area (Å²) in [6.07, 6.45) is 28.3. The van der Waals surface area contributed by atoms with Crippen LogP contribution >= 0.6 is 0 Å². The van der Waals surface area contributed by atoms with Crippen molar-refractivity contribution in [2.24, 2.45) is 0 Å². The number of carboxylic acid groups (broad SMARTS) is 1. The van der Waals surface area contributed by atoms with Gasteiger partial charge in [-0.3, -0.25) is 9.59 Å². The first-order chi connectivity index (χ1) is 21.3. The van der Waals surface area contributed by atoms with Crippen LogP contribution in [0.1, 0.15) is 82.0 Å². The molecular weight excluding hydrogens is 560 g/mol. The van der Waals surface area contributed by atoms with Gasteiger partial charge in [-0.1, -0.05) is 67.7 Å². The number of hydrogen-bond acceptors (Lipinski definition) is 6. The van der Waals surface area contributed by atoms with Crippen molar-refractivity contribution in [1.82, 2.24) is 5.32 Å². The van der Waals surface area contributed by atoms with Gasteiger partial charge in [0.15, 0.2) is 0 Å². The minimum Gasteiger partial charge on any atom is -0.507 e. The largest absolute Gasteiger partial charge is 0.507 e. The third kappa shape index (κ3) is 12.7. The van der Waals surface area contributed by atoms with Crippen molar-refractivity contribution in [3.63, 3.8) is 0 Å². The first-order valence-corrected chi connectivity index (χ1v) is 15.4. The third-order valence-electron chi connectivity index (χ3n) is 6.98. The van der Waals surface area contributed by atoms with E-state index in [0.717, 1.165) is 51.4 Å². The molecule has 1 aliphatic heterocycles. The monoisotopic (exact) mass is 608 g/mol. The van der Waals surface area contributed by atoms with Crippen LogP contribution in [0.3, 0.4) is 0 Å². The van der Waals surface area contributed by atoms with E-state index in [1.165, 1.54) is 30.2 Å². The Labute approximate surface area is 261 Å². The lowest BCUT2D eigenvalue weighted by Gasteiger charge is -2.22. The molecule has 0 aliphatic carbocycles. The smallest absolute Gasteiger partial charge is 0.339 e. The number of aromatic hydroxyl groups is 1. The number of nitrogens with one attached hydrogen (secondary N) is 1. The number of benzene rings is 1. The number of anilines is 1. The molecule has 2 rings (SSSR count). The van der Waals surface area contributed by atoms with Crippen LogP contribution in [-0.4, -0.2) is 60.1 Å². The molecule has 1 fully saturated rings. The fourth-order valence-electron chi connectivity index (χ4n) is 4.69. The summed E-state index contributed by atoms with van der Waals surface area (Å²) < 4.78 is 10.8. The van der Waals surface area contributed by atoms with Crippen LogP contribution in [0.4, 0.5) is 5.69 Å². The lowest BCUT2D eigenvalue weighted by atomic mass is 10.1. The predicted octanol–water partition coefficient (Wildman–Crippen LogP) is 6.61. The maximum Gasteiger partial charge on any atom is 0.339 e. The molecule has 0 saturated carbocycles. The molecule has 0 aromatic heterocycles. The number of phenols is 1. The van der Waals surface area contributed by atoms with Crippen LogP contribution in [0, 0.1) is 0 Å². The standard InChI is InChI=1S/C35H48N2O7/c1-4-5-6-7-8-9-10-11-12-13-14-15-16-17-18-19-20-21-24-44-35(43-3)32(39)36-30-25-27(2)37(33(30)40)28-22-23-31(38)29(26-28)34(41)42/h5-6,8-9,11-12,14-15,17-18,22-23,26-27,30,35,38H,4,7,10,13,16,19-21,24-25H2,1-3H3,(H,36,39)(H,41,42)/b6-5-,9-8-,12-11-,15-14-,18-17-. The van der Waals surface area contributed by atoms with Crippen molar-refractivity contribution in [2.45, 2.75) is 90.0 Å². The molecule has 1 aromatic rings. The van der Waals surface area contributed by atoms with E-state index in [1.54, 1.807) is 6.92 Å². The van der Waals surface area contributed by atoms with Crippen LogP contribution in [0.2, 0.25) is 0 Å². The van der Waals surface area contributed by atoms with Crippen LogP contribution < -0.4 is 10.2 Å². The van der Waals surface area contributed by atoms with Crippen molar-refractivity contribution in [1.29, 1.82) is 0 Å². The summed E-state index contributed by atoms with van der Waals surface area (Å²) >= 11 is 0. The zero-order chi connectivity index (χ0) is 32.2. The number of hydrogen-bond donors (Lipinski definition) is 3. The van der Waals surface area contributed by atoms with Crippen molar-refractivity contribution in [2.75, 3.05) is 18.6 Å². The van der Waals surface area contributed by atoms with Gasteiger partial charge in [-0.05, 0) is 82.9 Å². The quantitative estimate of drug-likeness (QED) is 0.0864. The van der Waals surface area contributed by atoms with Crippen LogP contribution in [0.15, 0.2) is 79.0 Å². The molecule has 3 N–H and O–H groups in total. The minimum atomic E-state index is -1.30. The topological polar surface area (TPSA) is 125 Å². The first-order valence-electron chi connectivity index (χ1n) is 15.4. The zero-order valence-electron chi connectivity index (χ0n) is 26.2. The molecule has 9 heteroatoms. The van der Waals surface area contributed by atoms with E-state index >= 15 is 0 Å². The van der Waals surface area contributed by atoms with Gasteiger partial charge in [-0.15, -0.1) is 0 Å². The van der Waals surface area contributed by atoms with Crippen LogP contribution in [-0.2, 0) is 19.1 Å². The van der Waals surface area contributed by atoms with Gasteiger partial charge in [-0.2, -0.15) is 0 Å². The van der Waals surface area contributed by atoms with E-state index in [4.69, 9.17) is 9.47 Å². The molecule has 1 aromatic carbocycles. The molecule has 44 heavy (non-hydrogen) atoms. The number of amides is 2. The minimum absolute atomic E-state index is 0.295. The van der Waals surface area contributed by atoms with E-state index in [0.29, 0.717) is 18.7 Å². The number of carbonyl (C=O) groups excluding carboxylic acids is 2. The number of rotatable bonds is 20. The Kier molecular flexibility index (Phi) is 17.2. The first kappa shape index (κ1) is 36.2. The average Bonchev–Trinajstić information content (AvgIpc) is 3.28. The van der Waals surface area contributed by atoms with Crippen molar-refractivity contribution >= 4 is 23.5 Å². The van der Waals surface area contributed by atoms with E-state index < -0.39 is 24.2 Å². The summed E-state index contributed by atoms with van der Waals surface area (Å²) in [7, 11) is 1.37. The molecule has 3 unspecified atom stereocenters. The lowest BCUT2D eigenvalue weighted by Crippen LogP contribution is -2.47. The Morgan fingerprint density at radius 1 is 0.977 bits per heavy atom. The summed E-state index contributed by atoms with van der Waals surface area (Å²) in [5.74, 6) is -2.61. The van der Waals surface area contributed by atoms with Crippen molar-refractivity contribution in [3.05, 3.63) is 84.5 Å². The fourth-order valence-corrected chi connectivity index (χ4v) is 4.69. The molecule has 3 atom stereocenters. The van der Waals surface area contributed by atoms with Crippen LogP contribution in [0.25, 0.3) is 0 Å². The van der Waals surface area contributed by atoms with E-state index in [9.17, 15) is 24.6 Å². The number of unbranched alkanes of at least 4 members (excludes halogenated alkanes) is 2. The molecule has 0 spiro atoms. The second kappa shape index (κ2) is 20.9. The molecule has 0 bridgehead atoms. The van der Waals surface area contributed by atoms with E-state index in [2.05, 4.69) is 73.0 Å². The summed E-state index contributed by atoms with van der Waals surface area (Å²) in [6.45, 7) is 4.28. The van der Waals surface area contributed by atoms with Crippen molar-refractivity contribution < 1.29 is 34.1 Å². The van der Waals surface area contributed by atoms with Gasteiger partial charge in [0.25, 0.3) is 5.91 Å². The molecule has 9 nitrogen and oxygen atoms in total. The molecular formula is C35H48N2O7. The average molecular weight is 609 g/mol. The normalized spacial score (nSPS) is 18.2. The lowest BCUT2D eigenvalue weighted by molar-refractivity contribution is -0.166. The predicted molar refractivity (Wildman–Crippen MR) is 174 cm³/mol. The van der Waals surface area contributed by atoms with Gasteiger partial charge in [0, 0.05) is 18.8 Å². The Balaban J connectivity index is 1.63. The highest BCUT2D eigenvalue weighted by Crippen LogP contribution is 2.30. The number of carbonyl (C=O) groups is 3. The summed E-state index contributed by atoms with van der Waals surface area (Å²) in [5, 5.41) is 21.8. The molecule has 1 aliphatic rings. The second-order valence-corrected chi connectivity index (χ2v) is 10.5. The molecule has 0 radical (unpaired) electrons. The highest BCUT2D eigenvalue weighted by molar-refractivity contribution is 6.03. The number of methoxy groups -OCH3 is 1. The molecule has 2 amide bonds. The highest BCUT2D eigenvalue weighted by Gasteiger charge is 2.40. The van der Waals surface area contributed by atoms with Gasteiger partial charge in [0.1, 0.15) is 17.4 Å². The van der Waals surface area contributed by atoms with Gasteiger partial charge >= 0.3 is 5.97 Å². The van der Waals surface area contributed by atoms with Gasteiger partial charge in [0.05, 0.1) is 6.61 Å². The van der Waals surface area contributed by atoms with Gasteiger partial charge < -0.3 is 29.9 Å². The summed E-state index contributed by atoms with van der Waals surface area (Å²) in [5.41, 5.74) is 0.0330. The number of allylic oxidation sites excluding steroid dienone is 10. The molecule has 1 saturated heterocycles. The Morgan fingerprint density at radius 2 is 1.57 bits per heavy atom. The van der Waals surface area contributed by atoms with E-state index in [-0.39, 0.29) is 23.3 Å². The maximum atomic E-state index is 13.1. The fraction of sp³-hybridized carbons (Fsp3) is 0.457. The van der Waals surface area contributed by atoms with Crippen molar-refractivity contribution in [3.8, 4) is 5.75 Å². The summed E-state index contributed by atoms with van der Waals surface area (Å²) in [6, 6.07) is 2.85. The number of aromatic carboxylic acids is 1. The van der Waals surface area contributed by atoms with Gasteiger partial charge in [-0.25, -0.2) is 4.79 Å². The number of ether oxygens (including phenoxy) is 2. The van der Waals surface area contributed by atoms with Crippen LogP contribution in [0.5, 0.6) is 5.75 Å². The Morgan fingerprint density at radius 3 is 2.14 bits per heavy atom. The third-order valence-corrected chi connectivity index (χ3v) is 6.98. The molecule has 1 heterocycles. The maximum absolute atomic E-state index is 13.1. The number of nitrogens with zero attached hydrogens (tertiary/aromatic N) is 1. The Hall–Kier alpha value is -3.95. The van der Waals surface area contributed by atoms with Gasteiger partial charge in [0.2, 0.25) is 12.2 Å². The Bertz CT molecular complexity index is 1200. The summed E-state index contributed by atoms with van der Waals surface area (Å²) in [4.78, 5) is 38.6.